The summed E-state index contributed by atoms with van der Waals surface area (Å²) in [6.45, 7) is 3.98. The minimum absolute atomic E-state index is 0.263. The number of unbranched alkanes of at least 4 members (excludes halogenated alkanes) is 2. The van der Waals surface area contributed by atoms with Gasteiger partial charge in [-0.25, -0.2) is 9.97 Å². The van der Waals surface area contributed by atoms with Crippen molar-refractivity contribution in [3.63, 3.8) is 0 Å². The standard InChI is InChI=1S/C13H21N5O/c1-2-14-11-10-18-8-7-16-13(18)12(17-11)15-6-4-3-5-9-19/h7-8,10,14,19H,2-6,9H2,1H3,(H,15,17). The normalized spacial score (nSPS) is 10.8. The topological polar surface area (TPSA) is 74.5 Å². The molecule has 104 valence electrons. The van der Waals surface area contributed by atoms with Crippen LogP contribution in [0.3, 0.4) is 0 Å². The molecule has 3 N–H and O–H groups in total. The number of imidazole rings is 1. The van der Waals surface area contributed by atoms with Crippen LogP contribution >= 0.6 is 0 Å². The highest BCUT2D eigenvalue weighted by Crippen LogP contribution is 2.16. The zero-order valence-corrected chi connectivity index (χ0v) is 11.3. The monoisotopic (exact) mass is 263 g/mol. The van der Waals surface area contributed by atoms with Crippen LogP contribution in [0.25, 0.3) is 5.65 Å². The summed E-state index contributed by atoms with van der Waals surface area (Å²) in [5, 5.41) is 15.3. The lowest BCUT2D eigenvalue weighted by molar-refractivity contribution is 0.283. The van der Waals surface area contributed by atoms with Gasteiger partial charge in [-0.15, -0.1) is 0 Å². The molecule has 0 bridgehead atoms. The molecule has 0 aliphatic heterocycles. The minimum atomic E-state index is 0.263. The maximum Gasteiger partial charge on any atom is 0.180 e. The quantitative estimate of drug-likeness (QED) is 0.633. The zero-order chi connectivity index (χ0) is 13.5. The Kier molecular flexibility index (Phi) is 4.97. The average Bonchev–Trinajstić information content (AvgIpc) is 2.87. The molecule has 0 aliphatic carbocycles. The number of fused-ring (bicyclic) bond motifs is 1. The van der Waals surface area contributed by atoms with E-state index in [9.17, 15) is 0 Å². The molecule has 0 unspecified atom stereocenters. The molecule has 19 heavy (non-hydrogen) atoms. The van der Waals surface area contributed by atoms with Crippen LogP contribution in [-0.2, 0) is 0 Å². The van der Waals surface area contributed by atoms with Crippen molar-refractivity contribution >= 4 is 17.3 Å². The van der Waals surface area contributed by atoms with Crippen LogP contribution in [0.15, 0.2) is 18.6 Å². The van der Waals surface area contributed by atoms with Crippen LogP contribution in [0.5, 0.6) is 0 Å². The van der Waals surface area contributed by atoms with Gasteiger partial charge in [0, 0.05) is 32.1 Å². The first kappa shape index (κ1) is 13.6. The first-order chi connectivity index (χ1) is 9.35. The van der Waals surface area contributed by atoms with E-state index in [0.29, 0.717) is 0 Å². The number of nitrogens with zero attached hydrogens (tertiary/aromatic N) is 3. The predicted molar refractivity (Wildman–Crippen MR) is 76.6 cm³/mol. The van der Waals surface area contributed by atoms with Gasteiger partial charge in [0.2, 0.25) is 0 Å². The number of hydrogen-bond donors (Lipinski definition) is 3. The van der Waals surface area contributed by atoms with Gasteiger partial charge in [0.15, 0.2) is 11.5 Å². The zero-order valence-electron chi connectivity index (χ0n) is 11.3. The van der Waals surface area contributed by atoms with E-state index in [1.807, 2.05) is 23.7 Å². The van der Waals surface area contributed by atoms with Gasteiger partial charge < -0.3 is 20.1 Å². The van der Waals surface area contributed by atoms with Gasteiger partial charge in [-0.05, 0) is 26.2 Å². The van der Waals surface area contributed by atoms with Crippen molar-refractivity contribution in [2.75, 3.05) is 30.3 Å². The Morgan fingerprint density at radius 1 is 1.26 bits per heavy atom. The molecule has 0 radical (unpaired) electrons. The number of aromatic nitrogens is 3. The van der Waals surface area contributed by atoms with E-state index in [1.54, 1.807) is 6.20 Å². The number of nitrogens with one attached hydrogen (secondary N) is 2. The molecule has 2 rings (SSSR count). The van der Waals surface area contributed by atoms with Gasteiger partial charge in [-0.1, -0.05) is 0 Å². The first-order valence-corrected chi connectivity index (χ1v) is 6.77. The van der Waals surface area contributed by atoms with Crippen molar-refractivity contribution in [3.05, 3.63) is 18.6 Å². The maximum atomic E-state index is 8.74. The summed E-state index contributed by atoms with van der Waals surface area (Å²) in [6.07, 6.45) is 8.49. The summed E-state index contributed by atoms with van der Waals surface area (Å²) < 4.78 is 1.96. The van der Waals surface area contributed by atoms with E-state index in [-0.39, 0.29) is 6.61 Å². The van der Waals surface area contributed by atoms with Gasteiger partial charge in [0.05, 0.1) is 6.20 Å². The molecule has 0 fully saturated rings. The Labute approximate surface area is 112 Å². The predicted octanol–water partition coefficient (Wildman–Crippen LogP) is 1.74. The Hall–Kier alpha value is -1.82. The second-order valence-electron chi connectivity index (χ2n) is 4.37. The summed E-state index contributed by atoms with van der Waals surface area (Å²) >= 11 is 0. The third-order valence-corrected chi connectivity index (χ3v) is 2.86. The van der Waals surface area contributed by atoms with E-state index in [1.165, 1.54) is 0 Å². The summed E-state index contributed by atoms with van der Waals surface area (Å²) in [5.41, 5.74) is 0.837. The fourth-order valence-corrected chi connectivity index (χ4v) is 1.94. The number of hydrogen-bond acceptors (Lipinski definition) is 5. The van der Waals surface area contributed by atoms with Crippen LogP contribution in [0, 0.1) is 0 Å². The number of aliphatic hydroxyl groups excluding tert-OH is 1. The van der Waals surface area contributed by atoms with Crippen molar-refractivity contribution in [3.8, 4) is 0 Å². The lowest BCUT2D eigenvalue weighted by Gasteiger charge is -2.10. The van der Waals surface area contributed by atoms with Crippen LogP contribution in [0.1, 0.15) is 26.2 Å². The molecule has 0 aliphatic rings. The first-order valence-electron chi connectivity index (χ1n) is 6.77. The van der Waals surface area contributed by atoms with Crippen LogP contribution in [0.4, 0.5) is 11.6 Å². The van der Waals surface area contributed by atoms with E-state index >= 15 is 0 Å². The largest absolute Gasteiger partial charge is 0.396 e. The lowest BCUT2D eigenvalue weighted by Crippen LogP contribution is -2.08. The van der Waals surface area contributed by atoms with Crippen LogP contribution < -0.4 is 10.6 Å². The van der Waals surface area contributed by atoms with Gasteiger partial charge in [-0.2, -0.15) is 0 Å². The lowest BCUT2D eigenvalue weighted by atomic mass is 10.2. The van der Waals surface area contributed by atoms with E-state index in [0.717, 1.165) is 49.6 Å². The minimum Gasteiger partial charge on any atom is -0.396 e. The van der Waals surface area contributed by atoms with E-state index in [4.69, 9.17) is 5.11 Å². The second-order valence-corrected chi connectivity index (χ2v) is 4.37. The fourth-order valence-electron chi connectivity index (χ4n) is 1.94. The molecule has 0 atom stereocenters. The van der Waals surface area contributed by atoms with Crippen molar-refractivity contribution in [1.29, 1.82) is 0 Å². The van der Waals surface area contributed by atoms with Crippen LogP contribution in [0.2, 0.25) is 0 Å². The Morgan fingerprint density at radius 3 is 2.95 bits per heavy atom. The van der Waals surface area contributed by atoms with Gasteiger partial charge in [-0.3, -0.25) is 0 Å². The van der Waals surface area contributed by atoms with Crippen LogP contribution in [-0.4, -0.2) is 39.2 Å². The molecular weight excluding hydrogens is 242 g/mol. The molecule has 2 aromatic rings. The second kappa shape index (κ2) is 6.94. The molecule has 0 aromatic carbocycles. The summed E-state index contributed by atoms with van der Waals surface area (Å²) in [7, 11) is 0. The van der Waals surface area contributed by atoms with Gasteiger partial charge >= 0.3 is 0 Å². The number of anilines is 2. The Balaban J connectivity index is 2.04. The Morgan fingerprint density at radius 2 is 2.16 bits per heavy atom. The number of aliphatic hydroxyl groups is 1. The molecule has 6 heteroatoms. The molecule has 2 heterocycles. The molecule has 0 saturated heterocycles. The smallest absolute Gasteiger partial charge is 0.180 e. The molecule has 0 amide bonds. The third kappa shape index (κ3) is 3.57. The molecular formula is C13H21N5O. The highest BCUT2D eigenvalue weighted by atomic mass is 16.2. The fraction of sp³-hybridized carbons (Fsp3) is 0.538. The van der Waals surface area contributed by atoms with E-state index in [2.05, 4.69) is 20.6 Å². The maximum absolute atomic E-state index is 8.74. The molecule has 2 aromatic heterocycles. The summed E-state index contributed by atoms with van der Waals surface area (Å²) in [5.74, 6) is 1.64. The third-order valence-electron chi connectivity index (χ3n) is 2.86. The van der Waals surface area contributed by atoms with Crippen molar-refractivity contribution in [2.24, 2.45) is 0 Å². The highest BCUT2D eigenvalue weighted by molar-refractivity contribution is 5.65. The molecule has 6 nitrogen and oxygen atoms in total. The van der Waals surface area contributed by atoms with Crippen molar-refractivity contribution < 1.29 is 5.11 Å². The van der Waals surface area contributed by atoms with Crippen molar-refractivity contribution in [2.45, 2.75) is 26.2 Å². The van der Waals surface area contributed by atoms with Gasteiger partial charge in [0.25, 0.3) is 0 Å². The summed E-state index contributed by atoms with van der Waals surface area (Å²) in [4.78, 5) is 8.83. The SMILES string of the molecule is CCNc1cn2ccnc2c(NCCCCCO)n1. The molecule has 0 saturated carbocycles. The number of rotatable bonds is 8. The van der Waals surface area contributed by atoms with Gasteiger partial charge in [0.1, 0.15) is 5.82 Å². The Bertz CT molecular complexity index is 511. The average molecular weight is 263 g/mol. The molecule has 0 spiro atoms. The van der Waals surface area contributed by atoms with Crippen molar-refractivity contribution in [1.82, 2.24) is 14.4 Å². The summed E-state index contributed by atoms with van der Waals surface area (Å²) in [6, 6.07) is 0. The highest BCUT2D eigenvalue weighted by Gasteiger charge is 2.06. The van der Waals surface area contributed by atoms with E-state index < -0.39 is 0 Å².